The maximum atomic E-state index is 14.2. The molecule has 0 aliphatic heterocycles. The lowest BCUT2D eigenvalue weighted by molar-refractivity contribution is -0.137. The van der Waals surface area contributed by atoms with E-state index in [4.69, 9.17) is 11.6 Å². The maximum Gasteiger partial charge on any atom is 0.417 e. The summed E-state index contributed by atoms with van der Waals surface area (Å²) in [6.07, 6.45) is -6.31. The molecule has 24 heavy (non-hydrogen) atoms. The number of alkyl halides is 4. The summed E-state index contributed by atoms with van der Waals surface area (Å²) in [5, 5.41) is 2.32. The van der Waals surface area contributed by atoms with Gasteiger partial charge in [-0.1, -0.05) is 45.7 Å². The van der Waals surface area contributed by atoms with Crippen LogP contribution in [0.15, 0.2) is 46.9 Å². The lowest BCUT2D eigenvalue weighted by Crippen LogP contribution is -2.29. The van der Waals surface area contributed by atoms with E-state index >= 15 is 0 Å². The number of hydrogen-bond donors (Lipinski definition) is 1. The van der Waals surface area contributed by atoms with E-state index in [1.807, 2.05) is 0 Å². The first kappa shape index (κ1) is 18.7. The van der Waals surface area contributed by atoms with E-state index in [1.165, 1.54) is 24.3 Å². The molecule has 0 saturated heterocycles. The van der Waals surface area contributed by atoms with Crippen LogP contribution < -0.4 is 5.32 Å². The fourth-order valence-electron chi connectivity index (χ4n) is 2.07. The number of rotatable bonds is 4. The second kappa shape index (κ2) is 7.53. The molecule has 0 saturated carbocycles. The van der Waals surface area contributed by atoms with Crippen LogP contribution in [0.4, 0.5) is 17.6 Å². The Labute approximate surface area is 148 Å². The van der Waals surface area contributed by atoms with Crippen LogP contribution >= 0.6 is 27.5 Å². The third-order valence-corrected chi connectivity index (χ3v) is 4.04. The monoisotopic (exact) mass is 423 g/mol. The molecule has 2 aromatic rings. The molecule has 8 heteroatoms. The Kier molecular flexibility index (Phi) is 5.87. The van der Waals surface area contributed by atoms with Crippen LogP contribution in [-0.2, 0) is 6.18 Å². The van der Waals surface area contributed by atoms with Gasteiger partial charge in [0.1, 0.15) is 6.17 Å². The first-order valence-electron chi connectivity index (χ1n) is 6.73. The molecule has 0 aliphatic carbocycles. The van der Waals surface area contributed by atoms with Crippen LogP contribution in [0.25, 0.3) is 0 Å². The minimum atomic E-state index is -4.67. The largest absolute Gasteiger partial charge is 0.417 e. The molecular formula is C16H11BrClF4NO. The summed E-state index contributed by atoms with van der Waals surface area (Å²) in [4.78, 5) is 12.0. The Morgan fingerprint density at radius 2 is 1.88 bits per heavy atom. The highest BCUT2D eigenvalue weighted by atomic mass is 79.9. The van der Waals surface area contributed by atoms with Crippen LogP contribution in [0, 0.1) is 0 Å². The number of nitrogens with one attached hydrogen (secondary N) is 1. The van der Waals surface area contributed by atoms with Crippen LogP contribution in [0.1, 0.15) is 27.7 Å². The van der Waals surface area contributed by atoms with Crippen molar-refractivity contribution < 1.29 is 22.4 Å². The van der Waals surface area contributed by atoms with Crippen molar-refractivity contribution in [3.05, 3.63) is 68.7 Å². The van der Waals surface area contributed by atoms with Crippen LogP contribution in [0.5, 0.6) is 0 Å². The van der Waals surface area contributed by atoms with Crippen molar-refractivity contribution in [1.82, 2.24) is 5.32 Å². The Morgan fingerprint density at radius 3 is 2.50 bits per heavy atom. The molecule has 2 aromatic carbocycles. The van der Waals surface area contributed by atoms with Crippen molar-refractivity contribution in [2.24, 2.45) is 0 Å². The minimum absolute atomic E-state index is 0.143. The molecule has 0 spiro atoms. The Balaban J connectivity index is 2.11. The van der Waals surface area contributed by atoms with E-state index in [-0.39, 0.29) is 10.6 Å². The van der Waals surface area contributed by atoms with Crippen LogP contribution in [-0.4, -0.2) is 12.5 Å². The summed E-state index contributed by atoms with van der Waals surface area (Å²) in [6.45, 7) is -0.494. The smallest absolute Gasteiger partial charge is 0.349 e. The minimum Gasteiger partial charge on any atom is -0.349 e. The number of halogens is 6. The molecule has 1 atom stereocenters. The maximum absolute atomic E-state index is 14.2. The molecule has 2 rings (SSSR count). The van der Waals surface area contributed by atoms with Gasteiger partial charge in [-0.15, -0.1) is 0 Å². The molecule has 0 aromatic heterocycles. The van der Waals surface area contributed by atoms with Gasteiger partial charge in [-0.2, -0.15) is 13.2 Å². The predicted molar refractivity (Wildman–Crippen MR) is 86.8 cm³/mol. The first-order valence-corrected chi connectivity index (χ1v) is 7.90. The quantitative estimate of drug-likeness (QED) is 0.640. The van der Waals surface area contributed by atoms with Crippen molar-refractivity contribution in [3.63, 3.8) is 0 Å². The van der Waals surface area contributed by atoms with E-state index < -0.39 is 35.9 Å². The van der Waals surface area contributed by atoms with Gasteiger partial charge in [0.05, 0.1) is 17.7 Å². The molecule has 0 aliphatic rings. The summed E-state index contributed by atoms with van der Waals surface area (Å²) in [6, 6.07) is 8.83. The molecule has 1 amide bonds. The summed E-state index contributed by atoms with van der Waals surface area (Å²) >= 11 is 9.09. The molecule has 0 heterocycles. The highest BCUT2D eigenvalue weighted by Gasteiger charge is 2.34. The Morgan fingerprint density at radius 1 is 1.21 bits per heavy atom. The van der Waals surface area contributed by atoms with Gasteiger partial charge in [-0.3, -0.25) is 4.79 Å². The van der Waals surface area contributed by atoms with Gasteiger partial charge in [0.15, 0.2) is 0 Å². The Hall–Kier alpha value is -1.60. The number of hydrogen-bond acceptors (Lipinski definition) is 1. The molecule has 0 fully saturated rings. The van der Waals surface area contributed by atoms with E-state index in [1.54, 1.807) is 6.07 Å². The zero-order chi connectivity index (χ0) is 17.9. The second-order valence-electron chi connectivity index (χ2n) is 4.89. The third-order valence-electron chi connectivity index (χ3n) is 3.22. The topological polar surface area (TPSA) is 29.1 Å². The normalized spacial score (nSPS) is 12.8. The van der Waals surface area contributed by atoms with Crippen molar-refractivity contribution in [2.75, 3.05) is 6.54 Å². The SMILES string of the molecule is O=C(NC[C@@H](F)c1ccc(Br)cc1Cl)c1ccccc1C(F)(F)F. The van der Waals surface area contributed by atoms with Crippen LogP contribution in [0.3, 0.4) is 0 Å². The Bertz CT molecular complexity index is 751. The number of amides is 1. The number of benzene rings is 2. The molecule has 0 unspecified atom stereocenters. The lowest BCUT2D eigenvalue weighted by atomic mass is 10.1. The summed E-state index contributed by atoms with van der Waals surface area (Å²) in [5.74, 6) is -1.00. The molecular weight excluding hydrogens is 414 g/mol. The highest BCUT2D eigenvalue weighted by molar-refractivity contribution is 9.10. The summed E-state index contributed by atoms with van der Waals surface area (Å²) < 4.78 is 53.5. The van der Waals surface area contributed by atoms with E-state index in [2.05, 4.69) is 21.2 Å². The predicted octanol–water partition coefficient (Wildman–Crippen LogP) is 5.56. The molecule has 0 bridgehead atoms. The van der Waals surface area contributed by atoms with Gasteiger partial charge >= 0.3 is 6.18 Å². The average molecular weight is 425 g/mol. The summed E-state index contributed by atoms with van der Waals surface area (Å²) in [5.41, 5.74) is -1.48. The lowest BCUT2D eigenvalue weighted by Gasteiger charge is -2.15. The highest BCUT2D eigenvalue weighted by Crippen LogP contribution is 2.32. The van der Waals surface area contributed by atoms with Gasteiger partial charge in [0, 0.05) is 15.1 Å². The summed E-state index contributed by atoms with van der Waals surface area (Å²) in [7, 11) is 0. The van der Waals surface area contributed by atoms with Gasteiger partial charge in [0.25, 0.3) is 5.91 Å². The first-order chi connectivity index (χ1) is 11.2. The third kappa shape index (κ3) is 4.48. The number of carbonyl (C=O) groups is 1. The van der Waals surface area contributed by atoms with Crippen molar-refractivity contribution in [1.29, 1.82) is 0 Å². The van der Waals surface area contributed by atoms with E-state index in [0.29, 0.717) is 4.47 Å². The van der Waals surface area contributed by atoms with Crippen molar-refractivity contribution >= 4 is 33.4 Å². The van der Waals surface area contributed by atoms with Gasteiger partial charge in [0.2, 0.25) is 0 Å². The zero-order valence-electron chi connectivity index (χ0n) is 12.0. The van der Waals surface area contributed by atoms with Gasteiger partial charge in [-0.05, 0) is 24.3 Å². The molecule has 0 radical (unpaired) electrons. The van der Waals surface area contributed by atoms with E-state index in [9.17, 15) is 22.4 Å². The number of carbonyl (C=O) groups excluding carboxylic acids is 1. The van der Waals surface area contributed by atoms with Crippen molar-refractivity contribution in [3.8, 4) is 0 Å². The van der Waals surface area contributed by atoms with Crippen LogP contribution in [0.2, 0.25) is 5.02 Å². The van der Waals surface area contributed by atoms with Crippen molar-refractivity contribution in [2.45, 2.75) is 12.3 Å². The molecule has 128 valence electrons. The molecule has 1 N–H and O–H groups in total. The van der Waals surface area contributed by atoms with Gasteiger partial charge < -0.3 is 5.32 Å². The fourth-order valence-corrected chi connectivity index (χ4v) is 2.86. The standard InChI is InChI=1S/C16H11BrClF4NO/c17-9-5-6-11(13(18)7-9)14(19)8-23-15(24)10-3-1-2-4-12(10)16(20,21)22/h1-7,14H,8H2,(H,23,24)/t14-/m1/s1. The fraction of sp³-hybridized carbons (Fsp3) is 0.188. The van der Waals surface area contributed by atoms with Gasteiger partial charge in [-0.25, -0.2) is 4.39 Å². The average Bonchev–Trinajstić information content (AvgIpc) is 2.51. The zero-order valence-corrected chi connectivity index (χ0v) is 14.3. The van der Waals surface area contributed by atoms with E-state index in [0.717, 1.165) is 12.1 Å². The molecule has 2 nitrogen and oxygen atoms in total. The second-order valence-corrected chi connectivity index (χ2v) is 6.21.